The molecule has 0 fully saturated rings. The Labute approximate surface area is 100 Å². The molecule has 0 spiro atoms. The molecule has 74 valence electrons. The van der Waals surface area contributed by atoms with Crippen LogP contribution in [0.2, 0.25) is 0 Å². The Morgan fingerprint density at radius 3 is 2.54 bits per heavy atom. The van der Waals surface area contributed by atoms with Crippen LogP contribution in [0.4, 0.5) is 0 Å². The summed E-state index contributed by atoms with van der Waals surface area (Å²) < 4.78 is 2.38. The highest BCUT2D eigenvalue weighted by molar-refractivity contribution is 9.13. The molecular weight excluding hydrogens is 314 g/mol. The van der Waals surface area contributed by atoms with Crippen molar-refractivity contribution in [1.29, 1.82) is 0 Å². The average Bonchev–Trinajstić information content (AvgIpc) is 2.30. The molecule has 4 heteroatoms. The number of nitrogens with zero attached hydrogens (tertiary/aromatic N) is 1. The molecule has 1 aromatic heterocycles. The minimum atomic E-state index is 1.16. The van der Waals surface area contributed by atoms with E-state index in [1.807, 2.05) is 11.3 Å². The van der Waals surface area contributed by atoms with Crippen molar-refractivity contribution in [3.63, 3.8) is 0 Å². The summed E-state index contributed by atoms with van der Waals surface area (Å²) in [5.74, 6) is 0. The molecule has 0 unspecified atom stereocenters. The Morgan fingerprint density at radius 1 is 1.38 bits per heavy atom. The van der Waals surface area contributed by atoms with Crippen LogP contribution in [0.3, 0.4) is 0 Å². The average molecular weight is 327 g/mol. The number of aryl methyl sites for hydroxylation is 1. The molecule has 1 nitrogen and oxygen atoms in total. The quantitative estimate of drug-likeness (QED) is 0.814. The lowest BCUT2D eigenvalue weighted by atomic mass is 10.2. The van der Waals surface area contributed by atoms with E-state index >= 15 is 0 Å². The Hall–Kier alpha value is 0.620. The van der Waals surface area contributed by atoms with Gasteiger partial charge in [0.25, 0.3) is 0 Å². The van der Waals surface area contributed by atoms with E-state index in [0.29, 0.717) is 0 Å². The fourth-order valence-electron chi connectivity index (χ4n) is 1.08. The largest absolute Gasteiger partial charge is 0.309 e. The van der Waals surface area contributed by atoms with Gasteiger partial charge < -0.3 is 4.90 Å². The first kappa shape index (κ1) is 11.7. The van der Waals surface area contributed by atoms with Crippen LogP contribution >= 0.6 is 43.2 Å². The lowest BCUT2D eigenvalue weighted by Crippen LogP contribution is -2.13. The molecule has 0 amide bonds. The van der Waals surface area contributed by atoms with E-state index in [9.17, 15) is 0 Å². The van der Waals surface area contributed by atoms with Gasteiger partial charge in [0, 0.05) is 9.35 Å². The highest BCUT2D eigenvalue weighted by atomic mass is 79.9. The SMILES string of the molecule is CN(C)CCCc1cc(Br)c(Br)s1. The minimum Gasteiger partial charge on any atom is -0.309 e. The summed E-state index contributed by atoms with van der Waals surface area (Å²) in [6.07, 6.45) is 2.40. The van der Waals surface area contributed by atoms with E-state index in [-0.39, 0.29) is 0 Å². The van der Waals surface area contributed by atoms with Crippen molar-refractivity contribution in [2.45, 2.75) is 12.8 Å². The van der Waals surface area contributed by atoms with Crippen molar-refractivity contribution in [3.05, 3.63) is 19.2 Å². The molecule has 1 heterocycles. The number of halogens is 2. The van der Waals surface area contributed by atoms with Crippen molar-refractivity contribution in [2.24, 2.45) is 0 Å². The summed E-state index contributed by atoms with van der Waals surface area (Å²) in [6, 6.07) is 2.20. The van der Waals surface area contributed by atoms with Crippen LogP contribution < -0.4 is 0 Å². The summed E-state index contributed by atoms with van der Waals surface area (Å²) in [4.78, 5) is 3.66. The van der Waals surface area contributed by atoms with E-state index < -0.39 is 0 Å². The second-order valence-corrected chi connectivity index (χ2v) is 6.55. The minimum absolute atomic E-state index is 1.16. The standard InChI is InChI=1S/C9H13Br2NS/c1-12(2)5-3-4-7-6-8(10)9(11)13-7/h6H,3-5H2,1-2H3. The molecule has 0 aliphatic carbocycles. The third-order valence-corrected chi connectivity index (χ3v) is 5.04. The first-order valence-corrected chi connectivity index (χ1v) is 6.58. The highest BCUT2D eigenvalue weighted by Gasteiger charge is 2.03. The van der Waals surface area contributed by atoms with Gasteiger partial charge >= 0.3 is 0 Å². The molecule has 13 heavy (non-hydrogen) atoms. The van der Waals surface area contributed by atoms with Gasteiger partial charge in [-0.05, 0) is 71.4 Å². The number of hydrogen-bond acceptors (Lipinski definition) is 2. The van der Waals surface area contributed by atoms with Gasteiger partial charge in [-0.25, -0.2) is 0 Å². The smallest absolute Gasteiger partial charge is 0.0843 e. The maximum Gasteiger partial charge on any atom is 0.0843 e. The normalized spacial score (nSPS) is 11.2. The van der Waals surface area contributed by atoms with E-state index in [0.717, 1.165) is 6.54 Å². The van der Waals surface area contributed by atoms with Crippen LogP contribution in [-0.4, -0.2) is 25.5 Å². The lowest BCUT2D eigenvalue weighted by molar-refractivity contribution is 0.401. The second-order valence-electron chi connectivity index (χ2n) is 3.24. The Bertz CT molecular complexity index is 251. The molecule has 0 atom stereocenters. The third kappa shape index (κ3) is 4.11. The van der Waals surface area contributed by atoms with Crippen molar-refractivity contribution < 1.29 is 0 Å². The summed E-state index contributed by atoms with van der Waals surface area (Å²) >= 11 is 8.81. The molecule has 0 saturated heterocycles. The molecule has 0 aliphatic rings. The molecule has 0 aliphatic heterocycles. The van der Waals surface area contributed by atoms with Gasteiger partial charge in [-0.15, -0.1) is 11.3 Å². The van der Waals surface area contributed by atoms with Crippen LogP contribution in [0.15, 0.2) is 14.3 Å². The zero-order valence-electron chi connectivity index (χ0n) is 7.81. The molecule has 0 N–H and O–H groups in total. The molecule has 0 bridgehead atoms. The van der Waals surface area contributed by atoms with Crippen molar-refractivity contribution >= 4 is 43.2 Å². The van der Waals surface area contributed by atoms with Crippen LogP contribution in [0, 0.1) is 0 Å². The summed E-state index contributed by atoms with van der Waals surface area (Å²) in [6.45, 7) is 1.16. The maximum absolute atomic E-state index is 3.50. The molecule has 0 radical (unpaired) electrons. The number of rotatable bonds is 4. The Balaban J connectivity index is 2.37. The highest BCUT2D eigenvalue weighted by Crippen LogP contribution is 2.32. The predicted molar refractivity (Wildman–Crippen MR) is 66.6 cm³/mol. The molecule has 0 saturated carbocycles. The van der Waals surface area contributed by atoms with Gasteiger partial charge in [0.05, 0.1) is 3.79 Å². The van der Waals surface area contributed by atoms with E-state index in [4.69, 9.17) is 0 Å². The van der Waals surface area contributed by atoms with Crippen LogP contribution in [0.5, 0.6) is 0 Å². The fraction of sp³-hybridized carbons (Fsp3) is 0.556. The van der Waals surface area contributed by atoms with Crippen LogP contribution in [-0.2, 0) is 6.42 Å². The van der Waals surface area contributed by atoms with Gasteiger partial charge in [0.15, 0.2) is 0 Å². The number of thiophene rings is 1. The maximum atomic E-state index is 3.50. The topological polar surface area (TPSA) is 3.24 Å². The zero-order chi connectivity index (χ0) is 9.84. The van der Waals surface area contributed by atoms with Gasteiger partial charge in [-0.1, -0.05) is 0 Å². The Kier molecular flexibility index (Phi) is 4.94. The first-order chi connectivity index (χ1) is 6.09. The predicted octanol–water partition coefficient (Wildman–Crippen LogP) is 3.77. The van der Waals surface area contributed by atoms with Gasteiger partial charge in [-0.2, -0.15) is 0 Å². The van der Waals surface area contributed by atoms with Gasteiger partial charge in [-0.3, -0.25) is 0 Å². The van der Waals surface area contributed by atoms with E-state index in [1.165, 1.54) is 26.0 Å². The fourth-order valence-corrected chi connectivity index (χ4v) is 3.30. The van der Waals surface area contributed by atoms with Crippen molar-refractivity contribution in [1.82, 2.24) is 4.90 Å². The molecular formula is C9H13Br2NS. The summed E-state index contributed by atoms with van der Waals surface area (Å²) in [5, 5.41) is 0. The van der Waals surface area contributed by atoms with Crippen LogP contribution in [0.1, 0.15) is 11.3 Å². The lowest BCUT2D eigenvalue weighted by Gasteiger charge is -2.07. The first-order valence-electron chi connectivity index (χ1n) is 4.18. The zero-order valence-corrected chi connectivity index (χ0v) is 11.8. The van der Waals surface area contributed by atoms with E-state index in [2.05, 4.69) is 56.9 Å². The molecule has 0 aromatic carbocycles. The molecule has 1 aromatic rings. The number of hydrogen-bond donors (Lipinski definition) is 0. The second kappa shape index (κ2) is 5.49. The summed E-state index contributed by atoms with van der Waals surface area (Å²) in [5.41, 5.74) is 0. The van der Waals surface area contributed by atoms with Gasteiger partial charge in [0.2, 0.25) is 0 Å². The van der Waals surface area contributed by atoms with Gasteiger partial charge in [0.1, 0.15) is 0 Å². The monoisotopic (exact) mass is 325 g/mol. The Morgan fingerprint density at radius 2 is 2.08 bits per heavy atom. The molecule has 1 rings (SSSR count). The van der Waals surface area contributed by atoms with Crippen LogP contribution in [0.25, 0.3) is 0 Å². The third-order valence-electron chi connectivity index (χ3n) is 1.72. The summed E-state index contributed by atoms with van der Waals surface area (Å²) in [7, 11) is 4.22. The van der Waals surface area contributed by atoms with Crippen molar-refractivity contribution in [3.8, 4) is 0 Å². The van der Waals surface area contributed by atoms with E-state index in [1.54, 1.807) is 0 Å². The van der Waals surface area contributed by atoms with Crippen molar-refractivity contribution in [2.75, 3.05) is 20.6 Å².